The first-order valence-corrected chi connectivity index (χ1v) is 8.76. The molecule has 2 heterocycles. The highest BCUT2D eigenvalue weighted by Gasteiger charge is 2.44. The van der Waals surface area contributed by atoms with Gasteiger partial charge in [-0.15, -0.1) is 0 Å². The van der Waals surface area contributed by atoms with E-state index in [9.17, 15) is 9.59 Å². The lowest BCUT2D eigenvalue weighted by molar-refractivity contribution is -0.142. The van der Waals surface area contributed by atoms with Crippen LogP contribution in [0.2, 0.25) is 0 Å². The van der Waals surface area contributed by atoms with E-state index in [1.807, 2.05) is 60.1 Å². The second kappa shape index (κ2) is 6.46. The fourth-order valence-electron chi connectivity index (χ4n) is 4.02. The summed E-state index contributed by atoms with van der Waals surface area (Å²) in [5.41, 5.74) is 1.65. The Bertz CT molecular complexity index is 622. The third-order valence-electron chi connectivity index (χ3n) is 5.59. The van der Waals surface area contributed by atoms with Crippen LogP contribution in [0.3, 0.4) is 0 Å². The lowest BCUT2D eigenvalue weighted by atomic mass is 9.80. The number of amides is 2. The van der Waals surface area contributed by atoms with Crippen LogP contribution in [-0.4, -0.2) is 61.4 Å². The van der Waals surface area contributed by atoms with Gasteiger partial charge in [-0.25, -0.2) is 0 Å². The standard InChI is InChI=1S/C19H27N3O2/c1-20(2)16-9-7-15(8-10-16)18(24)22-13-5-12-19(14-22)11-4-6-17(23)21(19)3/h7-10H,4-6,11-14H2,1-3H3. The quantitative estimate of drug-likeness (QED) is 0.837. The maximum absolute atomic E-state index is 12.9. The van der Waals surface area contributed by atoms with Crippen LogP contribution in [0.25, 0.3) is 0 Å². The second-order valence-electron chi connectivity index (χ2n) is 7.30. The highest BCUT2D eigenvalue weighted by atomic mass is 16.2. The molecule has 1 aromatic carbocycles. The molecule has 2 saturated heterocycles. The number of piperidine rings is 2. The number of carbonyl (C=O) groups excluding carboxylic acids is 2. The van der Waals surface area contributed by atoms with Gasteiger partial charge in [-0.2, -0.15) is 0 Å². The van der Waals surface area contributed by atoms with Gasteiger partial charge in [0.2, 0.25) is 5.91 Å². The minimum Gasteiger partial charge on any atom is -0.378 e. The SMILES string of the molecule is CN(C)c1ccc(C(=O)N2CCCC3(CCCC(=O)N3C)C2)cc1. The maximum atomic E-state index is 12.9. The van der Waals surface area contributed by atoms with Crippen LogP contribution in [-0.2, 0) is 4.79 Å². The van der Waals surface area contributed by atoms with E-state index in [1.54, 1.807) is 0 Å². The molecule has 1 unspecified atom stereocenters. The summed E-state index contributed by atoms with van der Waals surface area (Å²) in [5.74, 6) is 0.289. The number of likely N-dealkylation sites (N-methyl/N-ethyl adjacent to an activating group) is 1. The Labute approximate surface area is 144 Å². The molecule has 1 atom stereocenters. The van der Waals surface area contributed by atoms with Gasteiger partial charge in [0.25, 0.3) is 5.91 Å². The van der Waals surface area contributed by atoms with Crippen molar-refractivity contribution in [3.05, 3.63) is 29.8 Å². The van der Waals surface area contributed by atoms with E-state index >= 15 is 0 Å². The zero-order valence-electron chi connectivity index (χ0n) is 14.9. The first-order chi connectivity index (χ1) is 11.4. The predicted molar refractivity (Wildman–Crippen MR) is 95.3 cm³/mol. The van der Waals surface area contributed by atoms with E-state index in [0.29, 0.717) is 13.0 Å². The van der Waals surface area contributed by atoms with Gasteiger partial charge in [0.1, 0.15) is 0 Å². The van der Waals surface area contributed by atoms with Crippen molar-refractivity contribution in [1.29, 1.82) is 0 Å². The first kappa shape index (κ1) is 16.8. The monoisotopic (exact) mass is 329 g/mol. The van der Waals surface area contributed by atoms with Crippen molar-refractivity contribution in [2.45, 2.75) is 37.6 Å². The number of hydrogen-bond acceptors (Lipinski definition) is 3. The van der Waals surface area contributed by atoms with Crippen LogP contribution >= 0.6 is 0 Å². The number of nitrogens with zero attached hydrogens (tertiary/aromatic N) is 3. The second-order valence-corrected chi connectivity index (χ2v) is 7.30. The van der Waals surface area contributed by atoms with E-state index in [1.165, 1.54) is 0 Å². The molecule has 2 fully saturated rings. The molecule has 2 amide bonds. The Balaban J connectivity index is 1.76. The van der Waals surface area contributed by atoms with Crippen LogP contribution in [0.1, 0.15) is 42.5 Å². The molecule has 2 aliphatic rings. The number of anilines is 1. The third-order valence-corrected chi connectivity index (χ3v) is 5.59. The summed E-state index contributed by atoms with van der Waals surface area (Å²) in [7, 11) is 5.88. The normalized spacial score (nSPS) is 24.4. The fraction of sp³-hybridized carbons (Fsp3) is 0.579. The third kappa shape index (κ3) is 2.99. The molecule has 3 rings (SSSR count). The summed E-state index contributed by atoms with van der Waals surface area (Å²) in [6.45, 7) is 1.43. The van der Waals surface area contributed by atoms with Crippen LogP contribution in [0.15, 0.2) is 24.3 Å². The molecule has 0 aliphatic carbocycles. The number of carbonyl (C=O) groups is 2. The Morgan fingerprint density at radius 2 is 1.79 bits per heavy atom. The number of benzene rings is 1. The van der Waals surface area contributed by atoms with Crippen molar-refractivity contribution in [1.82, 2.24) is 9.80 Å². The van der Waals surface area contributed by atoms with E-state index in [2.05, 4.69) is 0 Å². The molecule has 2 aliphatic heterocycles. The Hall–Kier alpha value is -2.04. The summed E-state index contributed by atoms with van der Waals surface area (Å²) in [4.78, 5) is 30.9. The first-order valence-electron chi connectivity index (χ1n) is 8.76. The zero-order chi connectivity index (χ0) is 17.3. The molecule has 5 heteroatoms. The average Bonchev–Trinajstić information content (AvgIpc) is 2.59. The van der Waals surface area contributed by atoms with Crippen molar-refractivity contribution in [2.75, 3.05) is 39.1 Å². The number of likely N-dealkylation sites (tertiary alicyclic amines) is 2. The van der Waals surface area contributed by atoms with Crippen molar-refractivity contribution >= 4 is 17.5 Å². The molecular formula is C19H27N3O2. The highest BCUT2D eigenvalue weighted by Crippen LogP contribution is 2.36. The van der Waals surface area contributed by atoms with Crippen LogP contribution in [0.4, 0.5) is 5.69 Å². The van der Waals surface area contributed by atoms with Crippen molar-refractivity contribution in [2.24, 2.45) is 0 Å². The summed E-state index contributed by atoms with van der Waals surface area (Å²) in [6, 6.07) is 7.75. The molecule has 130 valence electrons. The Kier molecular flexibility index (Phi) is 4.52. The number of rotatable bonds is 2. The van der Waals surface area contributed by atoms with Gasteiger partial charge in [0, 0.05) is 51.9 Å². The number of hydrogen-bond donors (Lipinski definition) is 0. The molecule has 0 N–H and O–H groups in total. The van der Waals surface area contributed by atoms with E-state index in [-0.39, 0.29) is 17.4 Å². The molecular weight excluding hydrogens is 302 g/mol. The molecule has 0 radical (unpaired) electrons. The molecule has 24 heavy (non-hydrogen) atoms. The van der Waals surface area contributed by atoms with Gasteiger partial charge in [-0.1, -0.05) is 0 Å². The molecule has 1 aromatic rings. The topological polar surface area (TPSA) is 43.9 Å². The van der Waals surface area contributed by atoms with Gasteiger partial charge in [0.15, 0.2) is 0 Å². The lowest BCUT2D eigenvalue weighted by Crippen LogP contribution is -2.61. The molecule has 0 saturated carbocycles. The summed E-state index contributed by atoms with van der Waals surface area (Å²) < 4.78 is 0. The van der Waals surface area contributed by atoms with Gasteiger partial charge in [0.05, 0.1) is 5.54 Å². The van der Waals surface area contributed by atoms with Gasteiger partial charge in [-0.05, 0) is 49.9 Å². The van der Waals surface area contributed by atoms with Gasteiger partial charge >= 0.3 is 0 Å². The summed E-state index contributed by atoms with van der Waals surface area (Å²) in [6.07, 6.45) is 4.53. The van der Waals surface area contributed by atoms with Crippen molar-refractivity contribution in [3.63, 3.8) is 0 Å². The lowest BCUT2D eigenvalue weighted by Gasteiger charge is -2.50. The zero-order valence-corrected chi connectivity index (χ0v) is 14.9. The summed E-state index contributed by atoms with van der Waals surface area (Å²) in [5, 5.41) is 0. The van der Waals surface area contributed by atoms with Gasteiger partial charge in [-0.3, -0.25) is 9.59 Å². The highest BCUT2D eigenvalue weighted by molar-refractivity contribution is 5.94. The van der Waals surface area contributed by atoms with Crippen molar-refractivity contribution < 1.29 is 9.59 Å². The molecule has 0 bridgehead atoms. The Morgan fingerprint density at radius 3 is 2.46 bits per heavy atom. The van der Waals surface area contributed by atoms with E-state index in [0.717, 1.165) is 43.5 Å². The minimum atomic E-state index is -0.160. The predicted octanol–water partition coefficient (Wildman–Crippen LogP) is 2.37. The van der Waals surface area contributed by atoms with Crippen LogP contribution < -0.4 is 4.90 Å². The van der Waals surface area contributed by atoms with E-state index < -0.39 is 0 Å². The van der Waals surface area contributed by atoms with Crippen LogP contribution in [0, 0.1) is 0 Å². The average molecular weight is 329 g/mol. The van der Waals surface area contributed by atoms with E-state index in [4.69, 9.17) is 0 Å². The summed E-state index contributed by atoms with van der Waals surface area (Å²) >= 11 is 0. The Morgan fingerprint density at radius 1 is 1.12 bits per heavy atom. The minimum absolute atomic E-state index is 0.0748. The van der Waals surface area contributed by atoms with Crippen LogP contribution in [0.5, 0.6) is 0 Å². The molecule has 5 nitrogen and oxygen atoms in total. The fourth-order valence-corrected chi connectivity index (χ4v) is 4.02. The van der Waals surface area contributed by atoms with Crippen molar-refractivity contribution in [3.8, 4) is 0 Å². The smallest absolute Gasteiger partial charge is 0.253 e. The molecule has 1 spiro atoms. The van der Waals surface area contributed by atoms with Gasteiger partial charge < -0.3 is 14.7 Å². The molecule has 0 aromatic heterocycles. The largest absolute Gasteiger partial charge is 0.378 e. The maximum Gasteiger partial charge on any atom is 0.253 e.